The Bertz CT molecular complexity index is 328. The normalized spacial score (nSPS) is 11.8. The number of thiol groups is 1. The van der Waals surface area contributed by atoms with Gasteiger partial charge >= 0.3 is 6.18 Å². The summed E-state index contributed by atoms with van der Waals surface area (Å²) in [6, 6.07) is 2.94. The molecule has 0 unspecified atom stereocenters. The number of hydrogen-bond donors (Lipinski definition) is 2. The van der Waals surface area contributed by atoms with Crippen molar-refractivity contribution in [2.24, 2.45) is 0 Å². The molecule has 2 nitrogen and oxygen atoms in total. The fourth-order valence-electron chi connectivity index (χ4n) is 1.26. The zero-order valence-electron chi connectivity index (χ0n) is 8.59. The minimum Gasteiger partial charge on any atom is -0.313 e. The summed E-state index contributed by atoms with van der Waals surface area (Å²) in [5.74, 6) is 0.714. The minimum atomic E-state index is -4.39. The lowest BCUT2D eigenvalue weighted by Gasteiger charge is -2.11. The summed E-state index contributed by atoms with van der Waals surface area (Å²) in [5.41, 5.74) is -0.637. The second-order valence-electron chi connectivity index (χ2n) is 3.26. The molecule has 6 heteroatoms. The number of hydrogen-bond acceptors (Lipinski definition) is 3. The molecule has 90 valence electrons. The van der Waals surface area contributed by atoms with Gasteiger partial charge in [-0.3, -0.25) is 4.98 Å². The summed E-state index contributed by atoms with van der Waals surface area (Å²) >= 11 is 4.01. The summed E-state index contributed by atoms with van der Waals surface area (Å²) in [6.45, 7) is 0.826. The van der Waals surface area contributed by atoms with E-state index in [0.717, 1.165) is 12.6 Å². The van der Waals surface area contributed by atoms with Gasteiger partial charge in [0.05, 0.1) is 0 Å². The lowest BCUT2D eigenvalue weighted by molar-refractivity contribution is -0.141. The molecule has 0 aromatic carbocycles. The highest BCUT2D eigenvalue weighted by atomic mass is 32.1. The van der Waals surface area contributed by atoms with Gasteiger partial charge in [0.1, 0.15) is 5.69 Å². The van der Waals surface area contributed by atoms with Gasteiger partial charge in [0.25, 0.3) is 0 Å². The molecular weight excluding hydrogens is 237 g/mol. The van der Waals surface area contributed by atoms with E-state index in [0.29, 0.717) is 12.3 Å². The molecule has 1 rings (SSSR count). The third-order valence-corrected chi connectivity index (χ3v) is 2.30. The van der Waals surface area contributed by atoms with Crippen LogP contribution in [0.4, 0.5) is 13.2 Å². The van der Waals surface area contributed by atoms with Gasteiger partial charge in [0.2, 0.25) is 0 Å². The molecule has 0 fully saturated rings. The zero-order valence-corrected chi connectivity index (χ0v) is 9.48. The molecule has 1 heterocycles. The van der Waals surface area contributed by atoms with Gasteiger partial charge < -0.3 is 5.32 Å². The fourth-order valence-corrected chi connectivity index (χ4v) is 1.42. The van der Waals surface area contributed by atoms with Crippen LogP contribution in [0.1, 0.15) is 17.7 Å². The molecular formula is C10H13F3N2S. The molecule has 0 saturated heterocycles. The van der Waals surface area contributed by atoms with E-state index in [2.05, 4.69) is 22.9 Å². The molecule has 0 radical (unpaired) electrons. The van der Waals surface area contributed by atoms with Gasteiger partial charge in [-0.05, 0) is 30.3 Å². The standard InChI is InChI=1S/C10H13F3N2S/c11-10(12,13)9-8(3-1-5-15-9)7-14-4-2-6-16/h1,3,5,14,16H,2,4,6-7H2. The zero-order chi connectivity index (χ0) is 12.0. The quantitative estimate of drug-likeness (QED) is 0.620. The van der Waals surface area contributed by atoms with Crippen molar-refractivity contribution in [2.45, 2.75) is 19.1 Å². The van der Waals surface area contributed by atoms with Crippen molar-refractivity contribution in [2.75, 3.05) is 12.3 Å². The smallest absolute Gasteiger partial charge is 0.313 e. The number of alkyl halides is 3. The molecule has 1 N–H and O–H groups in total. The summed E-state index contributed by atoms with van der Waals surface area (Å²) < 4.78 is 37.6. The van der Waals surface area contributed by atoms with Crippen LogP contribution in [-0.2, 0) is 12.7 Å². The van der Waals surface area contributed by atoms with Crippen LogP contribution in [0.2, 0.25) is 0 Å². The summed E-state index contributed by atoms with van der Waals surface area (Å²) in [6.07, 6.45) is -2.41. The van der Waals surface area contributed by atoms with Crippen molar-refractivity contribution < 1.29 is 13.2 Å². The van der Waals surface area contributed by atoms with Gasteiger partial charge in [-0.2, -0.15) is 25.8 Å². The molecule has 0 atom stereocenters. The summed E-state index contributed by atoms with van der Waals surface area (Å²) in [4.78, 5) is 3.37. The predicted molar refractivity (Wildman–Crippen MR) is 59.4 cm³/mol. The number of nitrogens with zero attached hydrogens (tertiary/aromatic N) is 1. The van der Waals surface area contributed by atoms with Crippen molar-refractivity contribution in [1.29, 1.82) is 0 Å². The Morgan fingerprint density at radius 1 is 1.38 bits per heavy atom. The van der Waals surface area contributed by atoms with E-state index in [9.17, 15) is 13.2 Å². The molecule has 16 heavy (non-hydrogen) atoms. The van der Waals surface area contributed by atoms with E-state index < -0.39 is 11.9 Å². The van der Waals surface area contributed by atoms with Crippen molar-refractivity contribution in [1.82, 2.24) is 10.3 Å². The fraction of sp³-hybridized carbons (Fsp3) is 0.500. The Kier molecular flexibility index (Phi) is 5.08. The highest BCUT2D eigenvalue weighted by molar-refractivity contribution is 7.80. The van der Waals surface area contributed by atoms with Crippen molar-refractivity contribution in [3.8, 4) is 0 Å². The molecule has 1 aromatic heterocycles. The van der Waals surface area contributed by atoms with Crippen LogP contribution in [0.3, 0.4) is 0 Å². The van der Waals surface area contributed by atoms with Gasteiger partial charge in [-0.25, -0.2) is 0 Å². The van der Waals surface area contributed by atoms with Gasteiger partial charge in [-0.1, -0.05) is 6.07 Å². The average molecular weight is 250 g/mol. The highest BCUT2D eigenvalue weighted by Crippen LogP contribution is 2.29. The number of halogens is 3. The van der Waals surface area contributed by atoms with E-state index in [1.807, 2.05) is 0 Å². The SMILES string of the molecule is FC(F)(F)c1ncccc1CNCCCS. The number of rotatable bonds is 5. The largest absolute Gasteiger partial charge is 0.433 e. The monoisotopic (exact) mass is 250 g/mol. The van der Waals surface area contributed by atoms with Crippen LogP contribution in [0, 0.1) is 0 Å². The van der Waals surface area contributed by atoms with Crippen LogP contribution < -0.4 is 5.32 Å². The Labute approximate surface area is 97.7 Å². The number of nitrogens with one attached hydrogen (secondary N) is 1. The van der Waals surface area contributed by atoms with Gasteiger partial charge in [-0.15, -0.1) is 0 Å². The number of pyridine rings is 1. The second-order valence-corrected chi connectivity index (χ2v) is 3.71. The maximum absolute atomic E-state index is 12.5. The molecule has 0 saturated carbocycles. The molecule has 0 bridgehead atoms. The van der Waals surface area contributed by atoms with E-state index in [1.54, 1.807) is 0 Å². The second kappa shape index (κ2) is 6.10. The summed E-state index contributed by atoms with van der Waals surface area (Å²) in [7, 11) is 0. The van der Waals surface area contributed by atoms with Crippen molar-refractivity contribution in [3.63, 3.8) is 0 Å². The predicted octanol–water partition coefficient (Wildman–Crippen LogP) is 2.51. The van der Waals surface area contributed by atoms with Crippen LogP contribution in [0.5, 0.6) is 0 Å². The first-order chi connectivity index (χ1) is 7.55. The van der Waals surface area contributed by atoms with Crippen LogP contribution in [-0.4, -0.2) is 17.3 Å². The van der Waals surface area contributed by atoms with Crippen LogP contribution in [0.15, 0.2) is 18.3 Å². The molecule has 0 aliphatic carbocycles. The first-order valence-corrected chi connectivity index (χ1v) is 5.51. The third kappa shape index (κ3) is 4.02. The lowest BCUT2D eigenvalue weighted by Crippen LogP contribution is -2.19. The highest BCUT2D eigenvalue weighted by Gasteiger charge is 2.34. The molecule has 0 aliphatic rings. The Morgan fingerprint density at radius 2 is 2.12 bits per heavy atom. The lowest BCUT2D eigenvalue weighted by atomic mass is 10.2. The van der Waals surface area contributed by atoms with Gasteiger partial charge in [0.15, 0.2) is 0 Å². The van der Waals surface area contributed by atoms with Gasteiger partial charge in [0, 0.05) is 12.7 Å². The number of aromatic nitrogens is 1. The first-order valence-electron chi connectivity index (χ1n) is 4.88. The van der Waals surface area contributed by atoms with E-state index in [-0.39, 0.29) is 12.1 Å². The van der Waals surface area contributed by atoms with Crippen LogP contribution >= 0.6 is 12.6 Å². The van der Waals surface area contributed by atoms with Crippen molar-refractivity contribution in [3.05, 3.63) is 29.6 Å². The first kappa shape index (κ1) is 13.3. The molecule has 0 spiro atoms. The van der Waals surface area contributed by atoms with E-state index in [4.69, 9.17) is 0 Å². The van der Waals surface area contributed by atoms with E-state index in [1.165, 1.54) is 12.1 Å². The Hall–Kier alpha value is -0.750. The topological polar surface area (TPSA) is 24.9 Å². The maximum Gasteiger partial charge on any atom is 0.433 e. The Balaban J connectivity index is 2.65. The van der Waals surface area contributed by atoms with Crippen LogP contribution in [0.25, 0.3) is 0 Å². The summed E-state index contributed by atoms with van der Waals surface area (Å²) in [5, 5.41) is 2.93. The molecule has 0 amide bonds. The minimum absolute atomic E-state index is 0.175. The Morgan fingerprint density at radius 3 is 2.75 bits per heavy atom. The van der Waals surface area contributed by atoms with Crippen molar-refractivity contribution >= 4 is 12.6 Å². The third-order valence-electron chi connectivity index (χ3n) is 1.99. The molecule has 0 aliphatic heterocycles. The average Bonchev–Trinajstić information content (AvgIpc) is 2.24. The van der Waals surface area contributed by atoms with E-state index >= 15 is 0 Å². The molecule has 1 aromatic rings. The maximum atomic E-state index is 12.5.